The number of carbonyl (C=O) groups is 1. The van der Waals surface area contributed by atoms with E-state index in [0.29, 0.717) is 16.1 Å². The normalized spacial score (nSPS) is 12.3. The number of hydrogen-bond donors (Lipinski definition) is 3. The second kappa shape index (κ2) is 5.95. The van der Waals surface area contributed by atoms with Crippen molar-refractivity contribution in [1.82, 2.24) is 5.32 Å². The molecule has 4 N–H and O–H groups in total. The number of nitrogens with one attached hydrogen (secondary N) is 1. The lowest BCUT2D eigenvalue weighted by Gasteiger charge is -2.11. The molecule has 0 radical (unpaired) electrons. The lowest BCUT2D eigenvalue weighted by atomic mass is 10.1. The Bertz CT molecular complexity index is 426. The molecule has 1 amide bonds. The van der Waals surface area contributed by atoms with E-state index < -0.39 is 18.6 Å². The number of aliphatic hydroxyl groups is 1. The second-order valence-corrected chi connectivity index (χ2v) is 4.11. The standard InChI is InChI=1S/C11H14ClFN2O2/c1-6-2-8(12)7(3-9(6)13)4-15-11(17)10(14)5-16/h2-3,10,16H,4-5,14H2,1H3,(H,15,17). The largest absolute Gasteiger partial charge is 0.394 e. The van der Waals surface area contributed by atoms with E-state index in [2.05, 4.69) is 5.32 Å². The van der Waals surface area contributed by atoms with Crippen LogP contribution in [0.15, 0.2) is 12.1 Å². The van der Waals surface area contributed by atoms with Crippen molar-refractivity contribution in [2.24, 2.45) is 5.73 Å². The zero-order chi connectivity index (χ0) is 13.0. The fourth-order valence-electron chi connectivity index (χ4n) is 1.22. The highest BCUT2D eigenvalue weighted by Gasteiger charge is 2.12. The van der Waals surface area contributed by atoms with Crippen molar-refractivity contribution in [3.63, 3.8) is 0 Å². The van der Waals surface area contributed by atoms with Gasteiger partial charge in [0.15, 0.2) is 0 Å². The number of carbonyl (C=O) groups excluding carboxylic acids is 1. The first kappa shape index (κ1) is 13.9. The Morgan fingerprint density at radius 2 is 2.29 bits per heavy atom. The Morgan fingerprint density at radius 3 is 2.88 bits per heavy atom. The van der Waals surface area contributed by atoms with Gasteiger partial charge in [0.25, 0.3) is 0 Å². The lowest BCUT2D eigenvalue weighted by molar-refractivity contribution is -0.123. The number of aryl methyl sites for hydroxylation is 1. The maximum Gasteiger partial charge on any atom is 0.239 e. The summed E-state index contributed by atoms with van der Waals surface area (Å²) in [7, 11) is 0. The number of nitrogens with two attached hydrogens (primary N) is 1. The van der Waals surface area contributed by atoms with Crippen molar-refractivity contribution in [1.29, 1.82) is 0 Å². The molecule has 94 valence electrons. The molecule has 1 aromatic carbocycles. The highest BCUT2D eigenvalue weighted by molar-refractivity contribution is 6.31. The Balaban J connectivity index is 2.70. The first-order valence-electron chi connectivity index (χ1n) is 5.04. The molecule has 0 aromatic heterocycles. The summed E-state index contributed by atoms with van der Waals surface area (Å²) in [6, 6.07) is 1.77. The summed E-state index contributed by atoms with van der Waals surface area (Å²) in [5.41, 5.74) is 6.21. The van der Waals surface area contributed by atoms with Crippen LogP contribution in [0.3, 0.4) is 0 Å². The smallest absolute Gasteiger partial charge is 0.239 e. The van der Waals surface area contributed by atoms with E-state index in [0.717, 1.165) is 0 Å². The average molecular weight is 261 g/mol. The van der Waals surface area contributed by atoms with Crippen LogP contribution in [0.4, 0.5) is 4.39 Å². The average Bonchev–Trinajstić information content (AvgIpc) is 2.30. The minimum atomic E-state index is -0.982. The number of aliphatic hydroxyl groups excluding tert-OH is 1. The number of benzene rings is 1. The van der Waals surface area contributed by atoms with Crippen LogP contribution in [0, 0.1) is 12.7 Å². The second-order valence-electron chi connectivity index (χ2n) is 3.70. The number of amides is 1. The van der Waals surface area contributed by atoms with Crippen molar-refractivity contribution in [2.45, 2.75) is 19.5 Å². The van der Waals surface area contributed by atoms with Gasteiger partial charge in [0.05, 0.1) is 6.61 Å². The molecule has 6 heteroatoms. The van der Waals surface area contributed by atoms with E-state index in [9.17, 15) is 9.18 Å². The molecular weight excluding hydrogens is 247 g/mol. The molecule has 0 aliphatic rings. The molecule has 0 spiro atoms. The molecule has 0 heterocycles. The topological polar surface area (TPSA) is 75.4 Å². The van der Waals surface area contributed by atoms with Crippen molar-refractivity contribution in [2.75, 3.05) is 6.61 Å². The molecule has 1 atom stereocenters. The fraction of sp³-hybridized carbons (Fsp3) is 0.364. The van der Waals surface area contributed by atoms with Crippen molar-refractivity contribution >= 4 is 17.5 Å². The minimum absolute atomic E-state index is 0.0720. The van der Waals surface area contributed by atoms with Gasteiger partial charge in [-0.1, -0.05) is 11.6 Å². The summed E-state index contributed by atoms with van der Waals surface area (Å²) in [5.74, 6) is -0.894. The third-order valence-corrected chi connectivity index (χ3v) is 2.67. The molecule has 1 unspecified atom stereocenters. The first-order valence-corrected chi connectivity index (χ1v) is 5.42. The Kier molecular flexibility index (Phi) is 4.86. The van der Waals surface area contributed by atoms with Gasteiger partial charge in [-0.25, -0.2) is 4.39 Å². The third-order valence-electron chi connectivity index (χ3n) is 2.31. The van der Waals surface area contributed by atoms with Crippen molar-refractivity contribution < 1.29 is 14.3 Å². The zero-order valence-electron chi connectivity index (χ0n) is 9.34. The summed E-state index contributed by atoms with van der Waals surface area (Å²) in [6.45, 7) is 1.23. The highest BCUT2D eigenvalue weighted by Crippen LogP contribution is 2.20. The quantitative estimate of drug-likeness (QED) is 0.747. The van der Waals surface area contributed by atoms with E-state index in [1.165, 1.54) is 12.1 Å². The molecule has 4 nitrogen and oxygen atoms in total. The van der Waals surface area contributed by atoms with Crippen molar-refractivity contribution in [3.8, 4) is 0 Å². The van der Waals surface area contributed by atoms with Gasteiger partial charge in [-0.15, -0.1) is 0 Å². The molecule has 0 aliphatic heterocycles. The van der Waals surface area contributed by atoms with Gasteiger partial charge in [0.2, 0.25) is 5.91 Å². The first-order chi connectivity index (χ1) is 7.95. The molecule has 1 aromatic rings. The van der Waals surface area contributed by atoms with Crippen LogP contribution < -0.4 is 11.1 Å². The minimum Gasteiger partial charge on any atom is -0.394 e. The zero-order valence-corrected chi connectivity index (χ0v) is 10.1. The molecule has 1 rings (SSSR count). The Morgan fingerprint density at radius 1 is 1.65 bits per heavy atom. The number of halogens is 2. The summed E-state index contributed by atoms with van der Waals surface area (Å²) in [4.78, 5) is 11.3. The van der Waals surface area contributed by atoms with Crippen LogP contribution in [0.1, 0.15) is 11.1 Å². The van der Waals surface area contributed by atoms with E-state index in [4.69, 9.17) is 22.4 Å². The van der Waals surface area contributed by atoms with Crippen LogP contribution in [0.25, 0.3) is 0 Å². The monoisotopic (exact) mass is 260 g/mol. The predicted molar refractivity (Wildman–Crippen MR) is 63.1 cm³/mol. The summed E-state index contributed by atoms with van der Waals surface area (Å²) in [5, 5.41) is 11.5. The van der Waals surface area contributed by atoms with Gasteiger partial charge in [0.1, 0.15) is 11.9 Å². The van der Waals surface area contributed by atoms with Crippen LogP contribution >= 0.6 is 11.6 Å². The molecule has 0 fully saturated rings. The SMILES string of the molecule is Cc1cc(Cl)c(CNC(=O)C(N)CO)cc1F. The summed E-state index contributed by atoms with van der Waals surface area (Å²) in [6.07, 6.45) is 0. The van der Waals surface area contributed by atoms with Gasteiger partial charge in [-0.05, 0) is 30.2 Å². The van der Waals surface area contributed by atoms with Crippen LogP contribution in [0.2, 0.25) is 5.02 Å². The van der Waals surface area contributed by atoms with Crippen LogP contribution in [0.5, 0.6) is 0 Å². The van der Waals surface area contributed by atoms with Gasteiger partial charge < -0.3 is 16.2 Å². The Hall–Kier alpha value is -1.17. The van der Waals surface area contributed by atoms with Crippen LogP contribution in [-0.2, 0) is 11.3 Å². The number of rotatable bonds is 4. The molecule has 0 saturated carbocycles. The van der Waals surface area contributed by atoms with Gasteiger partial charge >= 0.3 is 0 Å². The molecular formula is C11H14ClFN2O2. The highest BCUT2D eigenvalue weighted by atomic mass is 35.5. The predicted octanol–water partition coefficient (Wildman–Crippen LogP) is 0.723. The van der Waals surface area contributed by atoms with E-state index >= 15 is 0 Å². The van der Waals surface area contributed by atoms with E-state index in [1.807, 2.05) is 0 Å². The number of hydrogen-bond acceptors (Lipinski definition) is 3. The summed E-state index contributed by atoms with van der Waals surface area (Å²) >= 11 is 5.90. The Labute approximate surface area is 104 Å². The summed E-state index contributed by atoms with van der Waals surface area (Å²) < 4.78 is 13.3. The van der Waals surface area contributed by atoms with E-state index in [-0.39, 0.29) is 12.4 Å². The molecule has 0 bridgehead atoms. The van der Waals surface area contributed by atoms with Crippen molar-refractivity contribution in [3.05, 3.63) is 34.1 Å². The maximum atomic E-state index is 13.3. The van der Waals surface area contributed by atoms with E-state index in [1.54, 1.807) is 6.92 Å². The van der Waals surface area contributed by atoms with Gasteiger partial charge in [0, 0.05) is 11.6 Å². The lowest BCUT2D eigenvalue weighted by Crippen LogP contribution is -2.42. The van der Waals surface area contributed by atoms with Gasteiger partial charge in [-0.2, -0.15) is 0 Å². The fourth-order valence-corrected chi connectivity index (χ4v) is 1.50. The third kappa shape index (κ3) is 3.66. The maximum absolute atomic E-state index is 13.3. The van der Waals surface area contributed by atoms with Gasteiger partial charge in [-0.3, -0.25) is 4.79 Å². The van der Waals surface area contributed by atoms with Crippen LogP contribution in [-0.4, -0.2) is 23.7 Å². The molecule has 0 saturated heterocycles. The molecule has 17 heavy (non-hydrogen) atoms. The molecule has 0 aliphatic carbocycles.